The van der Waals surface area contributed by atoms with E-state index >= 15 is 0 Å². The third kappa shape index (κ3) is 6.99. The van der Waals surface area contributed by atoms with Crippen LogP contribution >= 0.6 is 0 Å². The number of carbonyl (C=O) groups excluding carboxylic acids is 1. The molecule has 0 spiro atoms. The van der Waals surface area contributed by atoms with Crippen LogP contribution in [-0.2, 0) is 4.79 Å². The van der Waals surface area contributed by atoms with E-state index in [1.165, 1.54) is 12.2 Å². The number of carbonyl (C=O) groups is 1. The summed E-state index contributed by atoms with van der Waals surface area (Å²) in [4.78, 5) is 14.4. The van der Waals surface area contributed by atoms with Gasteiger partial charge >= 0.3 is 0 Å². The summed E-state index contributed by atoms with van der Waals surface area (Å²) in [6, 6.07) is 17.0. The van der Waals surface area contributed by atoms with Gasteiger partial charge in [0.05, 0.1) is 0 Å². The molecule has 0 fully saturated rings. The summed E-state index contributed by atoms with van der Waals surface area (Å²) in [7, 11) is 0. The summed E-state index contributed by atoms with van der Waals surface area (Å²) in [5.74, 6) is -0.0823. The van der Waals surface area contributed by atoms with Gasteiger partial charge in [0.1, 0.15) is 0 Å². The number of azide groups is 1. The molecule has 2 aromatic carbocycles. The lowest BCUT2D eigenvalue weighted by Gasteiger charge is -1.93. The maximum Gasteiger partial charge on any atom is 0.178 e. The summed E-state index contributed by atoms with van der Waals surface area (Å²) >= 11 is 0. The van der Waals surface area contributed by atoms with E-state index in [9.17, 15) is 4.79 Å². The van der Waals surface area contributed by atoms with Crippen LogP contribution in [0.1, 0.15) is 11.1 Å². The Balaban J connectivity index is 1.82. The summed E-state index contributed by atoms with van der Waals surface area (Å²) < 4.78 is 0. The van der Waals surface area contributed by atoms with E-state index < -0.39 is 0 Å². The van der Waals surface area contributed by atoms with E-state index in [1.54, 1.807) is 30.4 Å². The maximum atomic E-state index is 11.7. The van der Waals surface area contributed by atoms with Crippen molar-refractivity contribution in [2.24, 2.45) is 5.11 Å². The third-order valence-electron chi connectivity index (χ3n) is 3.17. The van der Waals surface area contributed by atoms with E-state index in [2.05, 4.69) is 10.0 Å². The van der Waals surface area contributed by atoms with Gasteiger partial charge in [0.25, 0.3) is 0 Å². The van der Waals surface area contributed by atoms with Crippen LogP contribution in [0.5, 0.6) is 0 Å². The minimum atomic E-state index is -0.0823. The maximum absolute atomic E-state index is 11.7. The van der Waals surface area contributed by atoms with E-state index in [-0.39, 0.29) is 5.78 Å². The fourth-order valence-corrected chi connectivity index (χ4v) is 1.96. The highest BCUT2D eigenvalue weighted by atomic mass is 16.1. The van der Waals surface area contributed by atoms with Crippen molar-refractivity contribution in [3.8, 4) is 0 Å². The second-order valence-corrected chi connectivity index (χ2v) is 5.03. The molecular formula is C21H17N3O. The number of hydrogen-bond donors (Lipinski definition) is 0. The van der Waals surface area contributed by atoms with Gasteiger partial charge in [-0.1, -0.05) is 96.2 Å². The first-order chi connectivity index (χ1) is 12.3. The SMILES string of the molecule is [N-]=[N+]=Nc1ccc(C=CC=CC(=O)C=CC=Cc2ccccc2)cc1. The fraction of sp³-hybridized carbons (Fsp3) is 0. The summed E-state index contributed by atoms with van der Waals surface area (Å²) in [6.07, 6.45) is 13.8. The van der Waals surface area contributed by atoms with Gasteiger partial charge in [-0.3, -0.25) is 4.79 Å². The Morgan fingerprint density at radius 2 is 1.36 bits per heavy atom. The number of ketones is 1. The Morgan fingerprint density at radius 1 is 0.800 bits per heavy atom. The number of rotatable bonds is 7. The molecule has 0 heterocycles. The van der Waals surface area contributed by atoms with Gasteiger partial charge < -0.3 is 0 Å². The second-order valence-electron chi connectivity index (χ2n) is 5.03. The van der Waals surface area contributed by atoms with Crippen LogP contribution in [0, 0.1) is 0 Å². The lowest BCUT2D eigenvalue weighted by Crippen LogP contribution is -1.82. The van der Waals surface area contributed by atoms with Crippen molar-refractivity contribution in [3.05, 3.63) is 113 Å². The van der Waals surface area contributed by atoms with Crippen LogP contribution in [0.25, 0.3) is 22.6 Å². The summed E-state index contributed by atoms with van der Waals surface area (Å²) in [5, 5.41) is 3.51. The smallest absolute Gasteiger partial charge is 0.178 e. The minimum absolute atomic E-state index is 0.0823. The molecule has 2 rings (SSSR count). The van der Waals surface area contributed by atoms with Crippen molar-refractivity contribution in [2.45, 2.75) is 0 Å². The van der Waals surface area contributed by atoms with Gasteiger partial charge in [-0.15, -0.1) is 0 Å². The van der Waals surface area contributed by atoms with E-state index in [4.69, 9.17) is 5.53 Å². The van der Waals surface area contributed by atoms with Crippen LogP contribution in [0.2, 0.25) is 0 Å². The molecule has 0 saturated heterocycles. The monoisotopic (exact) mass is 327 g/mol. The lowest BCUT2D eigenvalue weighted by atomic mass is 10.2. The fourth-order valence-electron chi connectivity index (χ4n) is 1.96. The number of nitrogens with zero attached hydrogens (tertiary/aromatic N) is 3. The van der Waals surface area contributed by atoms with Crippen LogP contribution in [0.4, 0.5) is 5.69 Å². The topological polar surface area (TPSA) is 65.8 Å². The number of hydrogen-bond acceptors (Lipinski definition) is 2. The van der Waals surface area contributed by atoms with Gasteiger partial charge in [0.15, 0.2) is 5.78 Å². The highest BCUT2D eigenvalue weighted by Crippen LogP contribution is 2.13. The largest absolute Gasteiger partial charge is 0.290 e. The van der Waals surface area contributed by atoms with Crippen LogP contribution in [0.15, 0.2) is 96.2 Å². The van der Waals surface area contributed by atoms with Crippen LogP contribution < -0.4 is 0 Å². The average molecular weight is 327 g/mol. The highest BCUT2D eigenvalue weighted by Gasteiger charge is 1.88. The summed E-state index contributed by atoms with van der Waals surface area (Å²) in [6.45, 7) is 0. The molecule has 0 bridgehead atoms. The van der Waals surface area contributed by atoms with Crippen molar-refractivity contribution in [2.75, 3.05) is 0 Å². The zero-order valence-corrected chi connectivity index (χ0v) is 13.6. The number of allylic oxidation sites excluding steroid dienone is 6. The molecule has 4 heteroatoms. The standard InChI is InChI=1S/C21H17N3O/c22-24-23-20-16-14-19(15-17-20)11-5-7-13-21(25)12-6-4-10-18-8-2-1-3-9-18/h1-17H. The molecule has 0 N–H and O–H groups in total. The molecule has 0 radical (unpaired) electrons. The Morgan fingerprint density at radius 3 is 1.92 bits per heavy atom. The van der Waals surface area contributed by atoms with Crippen molar-refractivity contribution in [1.29, 1.82) is 0 Å². The first-order valence-electron chi connectivity index (χ1n) is 7.71. The molecule has 0 saturated carbocycles. The zero-order chi connectivity index (χ0) is 17.7. The van der Waals surface area contributed by atoms with Crippen LogP contribution in [-0.4, -0.2) is 5.78 Å². The molecule has 122 valence electrons. The van der Waals surface area contributed by atoms with Crippen molar-refractivity contribution in [3.63, 3.8) is 0 Å². The third-order valence-corrected chi connectivity index (χ3v) is 3.17. The molecule has 0 aliphatic carbocycles. The zero-order valence-electron chi connectivity index (χ0n) is 13.6. The van der Waals surface area contributed by atoms with E-state index in [0.717, 1.165) is 11.1 Å². The Hall–Kier alpha value is -3.62. The minimum Gasteiger partial charge on any atom is -0.290 e. The molecule has 2 aromatic rings. The Bertz CT molecular complexity index is 854. The molecule has 0 aromatic heterocycles. The molecule has 25 heavy (non-hydrogen) atoms. The molecular weight excluding hydrogens is 310 g/mol. The molecule has 0 amide bonds. The number of benzene rings is 2. The van der Waals surface area contributed by atoms with Gasteiger partial charge in [-0.2, -0.15) is 0 Å². The average Bonchev–Trinajstić information content (AvgIpc) is 2.65. The van der Waals surface area contributed by atoms with Gasteiger partial charge in [-0.05, 0) is 28.8 Å². The van der Waals surface area contributed by atoms with Crippen molar-refractivity contribution in [1.82, 2.24) is 0 Å². The van der Waals surface area contributed by atoms with Crippen molar-refractivity contribution < 1.29 is 4.79 Å². The van der Waals surface area contributed by atoms with Crippen LogP contribution in [0.3, 0.4) is 0 Å². The second kappa shape index (κ2) is 10.2. The first-order valence-corrected chi connectivity index (χ1v) is 7.71. The van der Waals surface area contributed by atoms with Gasteiger partial charge in [-0.25, -0.2) is 0 Å². The Kier molecular flexibility index (Phi) is 7.24. The molecule has 0 atom stereocenters. The van der Waals surface area contributed by atoms with Gasteiger partial charge in [0.2, 0.25) is 0 Å². The lowest BCUT2D eigenvalue weighted by molar-refractivity contribution is -0.110. The quantitative estimate of drug-likeness (QED) is 0.201. The van der Waals surface area contributed by atoms with Gasteiger partial charge in [0, 0.05) is 10.6 Å². The van der Waals surface area contributed by atoms with E-state index in [1.807, 2.05) is 60.7 Å². The highest BCUT2D eigenvalue weighted by molar-refractivity contribution is 5.99. The summed E-state index contributed by atoms with van der Waals surface area (Å²) in [5.41, 5.74) is 11.0. The molecule has 0 aliphatic rings. The molecule has 0 aliphatic heterocycles. The predicted molar refractivity (Wildman–Crippen MR) is 103 cm³/mol. The first kappa shape index (κ1) is 17.7. The van der Waals surface area contributed by atoms with E-state index in [0.29, 0.717) is 5.69 Å². The molecule has 0 unspecified atom stereocenters. The van der Waals surface area contributed by atoms with Crippen molar-refractivity contribution >= 4 is 23.6 Å². The predicted octanol–water partition coefficient (Wildman–Crippen LogP) is 6.04. The normalized spacial score (nSPS) is 11.5. The Labute approximate surface area is 146 Å². The molecule has 4 nitrogen and oxygen atoms in total.